The molecule has 658 valence electrons. The molecule has 0 radical (unpaired) electrons. The quantitative estimate of drug-likeness (QED) is 0.0103. The first kappa shape index (κ1) is 93.6. The molecule has 16 rings (SSSR count). The van der Waals surface area contributed by atoms with E-state index in [2.05, 4.69) is 68.8 Å². The molecule has 4 aromatic heterocycles. The van der Waals surface area contributed by atoms with Crippen LogP contribution in [-0.4, -0.2) is 83.9 Å². The van der Waals surface area contributed by atoms with Gasteiger partial charge in [0.15, 0.2) is 58.2 Å². The van der Waals surface area contributed by atoms with Gasteiger partial charge < -0.3 is 41.7 Å². The third-order valence-electron chi connectivity index (χ3n) is 20.3. The number of carbonyl (C=O) groups is 4. The van der Waals surface area contributed by atoms with E-state index in [1.165, 1.54) is 12.3 Å². The standard InChI is InChI=1S/C26H18F5N3O2.C26H21F2N3O2.C26H22IN3O2.C25H21N3O2/c27-21-17(22(28)24(30)25(31)23(21)29)11-20(36)34-26-18(10-14-4-2-1-3-5-14)33-19(12-32-26)16-8-6-15(13-35)7-9-16;27-21-11-8-19(12-22(21)28)14-25(33)31-26-23(13-17-4-2-1-3-5-17)30-24(15-29-26)20-9-6-18(16-32)7-10-20;27-22-12-8-19(9-13-22)15-25(32)30-26-23(14-18-4-2-1-3-5-18)29-24(16-28-26)21-10-6-20(17-31)7-11-21;29-17-19-11-13-20(14-12-19)23-16-26-24(28-25(30)21-9-5-2-6-10-21)22(27-23)15-18-7-3-1-4-8-18/h1-9,12,35H,10-11,13H2,(H,32,34,36);1-12,15,32H,13-14,16H2,(H,29,31,33);1-13,16,31H,14-15,17H2,(H,28,30,32);1-14,16,29H,15,17H2,(H,26,28,30). The van der Waals surface area contributed by atoms with Gasteiger partial charge in [0.25, 0.3) is 5.91 Å². The predicted molar refractivity (Wildman–Crippen MR) is 494 cm³/mol. The normalized spacial score (nSPS) is 10.7. The maximum absolute atomic E-state index is 14.0. The van der Waals surface area contributed by atoms with Crippen LogP contribution in [0.2, 0.25) is 0 Å². The van der Waals surface area contributed by atoms with Crippen LogP contribution in [0.5, 0.6) is 0 Å². The van der Waals surface area contributed by atoms with Gasteiger partial charge in [0, 0.05) is 62.6 Å². The van der Waals surface area contributed by atoms with Crippen LogP contribution in [0.1, 0.15) is 94.3 Å². The van der Waals surface area contributed by atoms with Gasteiger partial charge >= 0.3 is 0 Å². The number of nitrogens with zero attached hydrogens (tertiary/aromatic N) is 8. The van der Waals surface area contributed by atoms with Crippen LogP contribution in [0.15, 0.2) is 316 Å². The van der Waals surface area contributed by atoms with Crippen LogP contribution in [0.4, 0.5) is 54.0 Å². The van der Waals surface area contributed by atoms with Crippen molar-refractivity contribution in [1.29, 1.82) is 0 Å². The minimum absolute atomic E-state index is 0.00322. The van der Waals surface area contributed by atoms with Crippen molar-refractivity contribution in [3.8, 4) is 45.0 Å². The van der Waals surface area contributed by atoms with Crippen LogP contribution in [0.3, 0.4) is 0 Å². The van der Waals surface area contributed by atoms with Crippen molar-refractivity contribution in [2.75, 3.05) is 21.3 Å². The lowest BCUT2D eigenvalue weighted by atomic mass is 10.1. The maximum atomic E-state index is 14.0. The Morgan fingerprint density at radius 1 is 0.275 bits per heavy atom. The summed E-state index contributed by atoms with van der Waals surface area (Å²) in [6, 6.07) is 88.3. The molecule has 0 unspecified atom stereocenters. The molecule has 4 heterocycles. The summed E-state index contributed by atoms with van der Waals surface area (Å²) < 4.78 is 96.1. The van der Waals surface area contributed by atoms with E-state index in [1.54, 1.807) is 55.0 Å². The zero-order chi connectivity index (χ0) is 92.1. The Morgan fingerprint density at radius 3 is 0.847 bits per heavy atom. The molecule has 0 aliphatic carbocycles. The summed E-state index contributed by atoms with van der Waals surface area (Å²) in [4.78, 5) is 87.1. The number of carbonyl (C=O) groups excluding carboxylic acids is 4. The van der Waals surface area contributed by atoms with E-state index in [0.717, 1.165) is 82.6 Å². The summed E-state index contributed by atoms with van der Waals surface area (Å²) >= 11 is 2.24. The minimum atomic E-state index is -2.30. The fourth-order valence-electron chi connectivity index (χ4n) is 13.3. The number of hydrogen-bond donors (Lipinski definition) is 8. The van der Waals surface area contributed by atoms with Gasteiger partial charge in [-0.15, -0.1) is 0 Å². The van der Waals surface area contributed by atoms with Gasteiger partial charge in [-0.3, -0.25) is 19.2 Å². The van der Waals surface area contributed by atoms with E-state index >= 15 is 0 Å². The highest BCUT2D eigenvalue weighted by molar-refractivity contribution is 14.1. The molecule has 0 spiro atoms. The molecule has 0 aliphatic rings. The van der Waals surface area contributed by atoms with Crippen LogP contribution in [-0.2, 0) is 85.8 Å². The first-order chi connectivity index (χ1) is 63.6. The molecule has 16 aromatic rings. The molecule has 28 heteroatoms. The monoisotopic (exact) mass is 1870 g/mol. The summed E-state index contributed by atoms with van der Waals surface area (Å²) in [5.41, 5.74) is 15.9. The molecule has 4 amide bonds. The molecular weight excluding hydrogens is 1790 g/mol. The van der Waals surface area contributed by atoms with E-state index < -0.39 is 64.5 Å². The van der Waals surface area contributed by atoms with Crippen molar-refractivity contribution in [3.05, 3.63) is 450 Å². The second kappa shape index (κ2) is 46.1. The number of nitrogens with one attached hydrogen (secondary N) is 4. The van der Waals surface area contributed by atoms with Gasteiger partial charge in [0.1, 0.15) is 0 Å². The van der Waals surface area contributed by atoms with E-state index in [4.69, 9.17) is 15.0 Å². The van der Waals surface area contributed by atoms with Crippen molar-refractivity contribution in [2.24, 2.45) is 0 Å². The SMILES string of the molecule is O=C(Cc1c(F)c(F)c(F)c(F)c1F)Nc1ncc(-c2ccc(CO)cc2)nc1Cc1ccccc1.O=C(Cc1ccc(F)c(F)c1)Nc1ncc(-c2ccc(CO)cc2)nc1Cc1ccccc1.O=C(Cc1ccc(I)cc1)Nc1ncc(-c2ccc(CO)cc2)nc1Cc1ccccc1.O=C(Nc1ncc(-c2ccc(CO)cc2)nc1Cc1ccccc1)c1ccccc1. The lowest BCUT2D eigenvalue weighted by Crippen LogP contribution is -2.20. The highest BCUT2D eigenvalue weighted by Crippen LogP contribution is 2.31. The summed E-state index contributed by atoms with van der Waals surface area (Å²) in [6.07, 6.45) is 7.06. The number of amides is 4. The lowest BCUT2D eigenvalue weighted by Gasteiger charge is -2.13. The molecular formula is C103H82F7IN12O8. The molecule has 0 atom stereocenters. The van der Waals surface area contributed by atoms with Crippen molar-refractivity contribution < 1.29 is 70.3 Å². The van der Waals surface area contributed by atoms with E-state index in [9.17, 15) is 70.3 Å². The van der Waals surface area contributed by atoms with Crippen molar-refractivity contribution >= 4 is 69.5 Å². The van der Waals surface area contributed by atoms with E-state index in [0.29, 0.717) is 98.8 Å². The highest BCUT2D eigenvalue weighted by atomic mass is 127. The first-order valence-electron chi connectivity index (χ1n) is 41.0. The molecule has 0 aliphatic heterocycles. The number of rotatable bonds is 27. The Labute approximate surface area is 762 Å². The highest BCUT2D eigenvalue weighted by Gasteiger charge is 2.28. The number of aromatic nitrogens is 8. The van der Waals surface area contributed by atoms with Crippen LogP contribution >= 0.6 is 22.6 Å². The Balaban J connectivity index is 0.000000149. The van der Waals surface area contributed by atoms with Gasteiger partial charge in [0.2, 0.25) is 23.5 Å². The summed E-state index contributed by atoms with van der Waals surface area (Å²) in [7, 11) is 0. The smallest absolute Gasteiger partial charge is 0.256 e. The minimum Gasteiger partial charge on any atom is -0.392 e. The van der Waals surface area contributed by atoms with E-state index in [-0.39, 0.29) is 63.3 Å². The largest absolute Gasteiger partial charge is 0.392 e. The van der Waals surface area contributed by atoms with E-state index in [1.807, 2.05) is 237 Å². The molecule has 0 saturated heterocycles. The summed E-state index contributed by atoms with van der Waals surface area (Å²) in [5.74, 6) is -13.3. The van der Waals surface area contributed by atoms with Crippen LogP contribution in [0, 0.1) is 44.3 Å². The van der Waals surface area contributed by atoms with Gasteiger partial charge in [-0.1, -0.05) is 255 Å². The number of hydrogen-bond acceptors (Lipinski definition) is 16. The summed E-state index contributed by atoms with van der Waals surface area (Å²) in [6.45, 7) is -0.181. The number of aliphatic hydroxyl groups is 4. The Hall–Kier alpha value is -15.1. The molecule has 131 heavy (non-hydrogen) atoms. The third-order valence-corrected chi connectivity index (χ3v) is 21.0. The van der Waals surface area contributed by atoms with Crippen molar-refractivity contribution in [1.82, 2.24) is 39.9 Å². The van der Waals surface area contributed by atoms with Gasteiger partial charge in [-0.25, -0.2) is 70.6 Å². The number of benzene rings is 12. The molecule has 0 saturated carbocycles. The van der Waals surface area contributed by atoms with Gasteiger partial charge in [-0.2, -0.15) is 0 Å². The van der Waals surface area contributed by atoms with Crippen molar-refractivity contribution in [3.63, 3.8) is 0 Å². The number of aliphatic hydroxyl groups excluding tert-OH is 4. The molecule has 0 bridgehead atoms. The van der Waals surface area contributed by atoms with Crippen LogP contribution in [0.25, 0.3) is 45.0 Å². The van der Waals surface area contributed by atoms with Crippen molar-refractivity contribution in [2.45, 2.75) is 71.4 Å². The Morgan fingerprint density at radius 2 is 0.542 bits per heavy atom. The van der Waals surface area contributed by atoms with Crippen LogP contribution < -0.4 is 21.3 Å². The first-order valence-corrected chi connectivity index (χ1v) is 42.1. The number of anilines is 4. The topological polar surface area (TPSA) is 300 Å². The fraction of sp³-hybridized carbons (Fsp3) is 0.107. The second-order valence-electron chi connectivity index (χ2n) is 29.7. The third kappa shape index (κ3) is 26.3. The second-order valence-corrected chi connectivity index (χ2v) is 30.9. The average molecular weight is 1880 g/mol. The number of halogens is 8. The lowest BCUT2D eigenvalue weighted by molar-refractivity contribution is -0.116. The molecule has 0 fully saturated rings. The molecule has 8 N–H and O–H groups in total. The maximum Gasteiger partial charge on any atom is 0.256 e. The Kier molecular flexibility index (Phi) is 32.9. The molecule has 20 nitrogen and oxygen atoms in total. The molecule has 12 aromatic carbocycles. The van der Waals surface area contributed by atoms with Gasteiger partial charge in [-0.05, 0) is 115 Å². The zero-order valence-electron chi connectivity index (χ0n) is 69.8. The average Bonchev–Trinajstić information content (AvgIpc) is 0.794. The Bertz CT molecular complexity index is 6570. The predicted octanol–water partition coefficient (Wildman–Crippen LogP) is 19.3. The zero-order valence-corrected chi connectivity index (χ0v) is 72.0. The fourth-order valence-corrected chi connectivity index (χ4v) is 13.7. The summed E-state index contributed by atoms with van der Waals surface area (Å²) in [5, 5.41) is 48.0. The van der Waals surface area contributed by atoms with Gasteiger partial charge in [0.05, 0.1) is 116 Å².